The van der Waals surface area contributed by atoms with Crippen molar-refractivity contribution in [1.82, 2.24) is 14.1 Å². The fraction of sp³-hybridized carbons (Fsp3) is 0.423. The van der Waals surface area contributed by atoms with Gasteiger partial charge in [0.05, 0.1) is 23.8 Å². The smallest absolute Gasteiger partial charge is 0.243 e. The number of aromatic nitrogens is 2. The van der Waals surface area contributed by atoms with E-state index in [1.165, 1.54) is 5.56 Å². The molecule has 0 unspecified atom stereocenters. The van der Waals surface area contributed by atoms with E-state index in [1.807, 2.05) is 23.9 Å². The van der Waals surface area contributed by atoms with Gasteiger partial charge >= 0.3 is 0 Å². The first-order valence-corrected chi connectivity index (χ1v) is 12.8. The number of benzene rings is 2. The second-order valence-electron chi connectivity index (χ2n) is 9.84. The quantitative estimate of drug-likeness (QED) is 0.536. The molecule has 0 radical (unpaired) electrons. The number of sulfonamides is 1. The summed E-state index contributed by atoms with van der Waals surface area (Å²) >= 11 is 0. The molecule has 7 heteroatoms. The van der Waals surface area contributed by atoms with Crippen LogP contribution in [0.3, 0.4) is 0 Å². The number of hydrogen-bond acceptors (Lipinski definition) is 4. The Bertz CT molecular complexity index is 1220. The first kappa shape index (κ1) is 23.7. The zero-order valence-corrected chi connectivity index (χ0v) is 20.9. The molecule has 0 atom stereocenters. The van der Waals surface area contributed by atoms with Gasteiger partial charge in [-0.2, -0.15) is 9.40 Å². The summed E-state index contributed by atoms with van der Waals surface area (Å²) in [5.41, 5.74) is 6.26. The summed E-state index contributed by atoms with van der Waals surface area (Å²) in [5, 5.41) is 4.64. The van der Waals surface area contributed by atoms with Crippen LogP contribution in [0, 0.1) is 6.92 Å². The minimum Gasteiger partial charge on any atom is -0.370 e. The maximum atomic E-state index is 13.4. The summed E-state index contributed by atoms with van der Waals surface area (Å²) in [6.45, 7) is 10.0. The highest BCUT2D eigenvalue weighted by atomic mass is 32.2. The van der Waals surface area contributed by atoms with Gasteiger partial charge in [-0.25, -0.2) is 8.42 Å². The molecule has 1 aliphatic rings. The van der Waals surface area contributed by atoms with Crippen molar-refractivity contribution in [2.45, 2.75) is 64.2 Å². The maximum Gasteiger partial charge on any atom is 0.243 e. The van der Waals surface area contributed by atoms with Gasteiger partial charge in [0.1, 0.15) is 0 Å². The lowest BCUT2D eigenvalue weighted by molar-refractivity contribution is 0.103. The zero-order valence-electron chi connectivity index (χ0n) is 20.1. The topological polar surface area (TPSA) is 64.4 Å². The van der Waals surface area contributed by atoms with Crippen LogP contribution < -0.4 is 0 Å². The normalized spacial score (nSPS) is 14.9. The Morgan fingerprint density at radius 2 is 1.67 bits per heavy atom. The summed E-state index contributed by atoms with van der Waals surface area (Å²) in [6, 6.07) is 15.5. The minimum atomic E-state index is -3.59. The highest BCUT2D eigenvalue weighted by Gasteiger charge is 2.32. The molecular formula is C26H33N3O3S. The molecule has 2 heterocycles. The molecule has 33 heavy (non-hydrogen) atoms. The van der Waals surface area contributed by atoms with E-state index in [2.05, 4.69) is 57.1 Å². The van der Waals surface area contributed by atoms with E-state index in [0.29, 0.717) is 37.6 Å². The average molecular weight is 468 g/mol. The highest BCUT2D eigenvalue weighted by molar-refractivity contribution is 7.89. The molecule has 0 bridgehead atoms. The molecule has 0 fully saturated rings. The lowest BCUT2D eigenvalue weighted by Gasteiger charge is -2.27. The fourth-order valence-corrected chi connectivity index (χ4v) is 5.60. The molecule has 0 saturated heterocycles. The Labute approximate surface area is 197 Å². The van der Waals surface area contributed by atoms with Gasteiger partial charge in [-0.3, -0.25) is 4.68 Å². The van der Waals surface area contributed by atoms with Crippen molar-refractivity contribution in [3.63, 3.8) is 0 Å². The van der Waals surface area contributed by atoms with E-state index < -0.39 is 10.0 Å². The Balaban J connectivity index is 1.49. The second kappa shape index (κ2) is 9.05. The Hall–Kier alpha value is -2.48. The molecule has 0 aliphatic carbocycles. The van der Waals surface area contributed by atoms with Crippen molar-refractivity contribution in [1.29, 1.82) is 0 Å². The Kier molecular flexibility index (Phi) is 6.49. The largest absolute Gasteiger partial charge is 0.370 e. The van der Waals surface area contributed by atoms with Crippen LogP contribution in [0.1, 0.15) is 54.4 Å². The number of ether oxygens (including phenoxy) is 1. The van der Waals surface area contributed by atoms with Gasteiger partial charge in [0.15, 0.2) is 0 Å². The average Bonchev–Trinajstić information content (AvgIpc) is 3.09. The van der Waals surface area contributed by atoms with Gasteiger partial charge in [0, 0.05) is 37.8 Å². The van der Waals surface area contributed by atoms with Crippen LogP contribution in [0.5, 0.6) is 0 Å². The van der Waals surface area contributed by atoms with Crippen molar-refractivity contribution in [2.24, 2.45) is 7.05 Å². The summed E-state index contributed by atoms with van der Waals surface area (Å²) in [4.78, 5) is 0.333. The summed E-state index contributed by atoms with van der Waals surface area (Å²) in [7, 11) is -1.67. The lowest BCUT2D eigenvalue weighted by atomic mass is 9.87. The summed E-state index contributed by atoms with van der Waals surface area (Å²) in [5.74, 6) is 0. The minimum absolute atomic E-state index is 0.0223. The number of aryl methyl sites for hydroxylation is 2. The van der Waals surface area contributed by atoms with Gasteiger partial charge in [0.25, 0.3) is 0 Å². The fourth-order valence-electron chi connectivity index (χ4n) is 4.19. The van der Waals surface area contributed by atoms with Crippen LogP contribution in [0.4, 0.5) is 0 Å². The number of fused-ring (bicyclic) bond motifs is 1. The van der Waals surface area contributed by atoms with Crippen molar-refractivity contribution in [3.05, 3.63) is 82.2 Å². The van der Waals surface area contributed by atoms with E-state index in [4.69, 9.17) is 4.74 Å². The highest BCUT2D eigenvalue weighted by Crippen LogP contribution is 2.29. The van der Waals surface area contributed by atoms with Crippen LogP contribution >= 0.6 is 0 Å². The predicted octanol–water partition coefficient (Wildman–Crippen LogP) is 4.49. The third-order valence-corrected chi connectivity index (χ3v) is 8.14. The van der Waals surface area contributed by atoms with E-state index >= 15 is 0 Å². The van der Waals surface area contributed by atoms with Gasteiger partial charge in [0.2, 0.25) is 10.0 Å². The molecule has 0 amide bonds. The van der Waals surface area contributed by atoms with Crippen molar-refractivity contribution in [3.8, 4) is 0 Å². The molecule has 0 N–H and O–H groups in total. The van der Waals surface area contributed by atoms with E-state index in [0.717, 1.165) is 28.1 Å². The molecule has 1 aliphatic heterocycles. The third-order valence-electron chi connectivity index (χ3n) is 6.28. The van der Waals surface area contributed by atoms with Gasteiger partial charge in [-0.05, 0) is 35.6 Å². The molecule has 0 spiro atoms. The molecule has 0 saturated carbocycles. The van der Waals surface area contributed by atoms with Crippen LogP contribution in [0.25, 0.3) is 0 Å². The summed E-state index contributed by atoms with van der Waals surface area (Å²) in [6.07, 6.45) is 0.635. The summed E-state index contributed by atoms with van der Waals surface area (Å²) < 4.78 is 36.1. The van der Waals surface area contributed by atoms with Crippen LogP contribution in [0.2, 0.25) is 0 Å². The Morgan fingerprint density at radius 3 is 2.30 bits per heavy atom. The molecule has 2 aromatic carbocycles. The van der Waals surface area contributed by atoms with Gasteiger partial charge < -0.3 is 4.74 Å². The number of rotatable bonds is 6. The lowest BCUT2D eigenvalue weighted by Crippen LogP contribution is -2.36. The second-order valence-corrected chi connectivity index (χ2v) is 11.8. The van der Waals surface area contributed by atoms with Crippen molar-refractivity contribution in [2.75, 3.05) is 6.54 Å². The molecular weight excluding hydrogens is 434 g/mol. The predicted molar refractivity (Wildman–Crippen MR) is 129 cm³/mol. The van der Waals surface area contributed by atoms with Crippen LogP contribution in [-0.4, -0.2) is 29.0 Å². The van der Waals surface area contributed by atoms with E-state index in [1.54, 1.807) is 16.4 Å². The van der Waals surface area contributed by atoms with E-state index in [-0.39, 0.29) is 5.41 Å². The Morgan fingerprint density at radius 1 is 1.00 bits per heavy atom. The van der Waals surface area contributed by atoms with Crippen molar-refractivity contribution >= 4 is 10.0 Å². The third kappa shape index (κ3) is 5.05. The first-order chi connectivity index (χ1) is 15.6. The number of hydrogen-bond donors (Lipinski definition) is 0. The standard InChI is InChI=1S/C26H33N3O3S/c1-19-6-8-20(9-7-19)17-32-18-24-23-16-29(15-14-25(23)28(5)27-24)33(30,31)22-12-10-21(11-13-22)26(2,3)4/h6-13H,14-18H2,1-5H3. The molecule has 4 rings (SSSR count). The molecule has 176 valence electrons. The number of nitrogens with zero attached hydrogens (tertiary/aromatic N) is 3. The molecule has 1 aromatic heterocycles. The SMILES string of the molecule is Cc1ccc(COCc2nn(C)c3c2CN(S(=O)(=O)c2ccc(C(C)(C)C)cc2)CC3)cc1. The maximum absolute atomic E-state index is 13.4. The van der Waals surface area contributed by atoms with E-state index in [9.17, 15) is 8.42 Å². The van der Waals surface area contributed by atoms with Gasteiger partial charge in [-0.15, -0.1) is 0 Å². The zero-order chi connectivity index (χ0) is 23.8. The van der Waals surface area contributed by atoms with Crippen LogP contribution in [-0.2, 0) is 53.4 Å². The molecule has 6 nitrogen and oxygen atoms in total. The van der Waals surface area contributed by atoms with Crippen LogP contribution in [0.15, 0.2) is 53.4 Å². The molecule has 3 aromatic rings. The van der Waals surface area contributed by atoms with Crippen molar-refractivity contribution < 1.29 is 13.2 Å². The first-order valence-electron chi connectivity index (χ1n) is 11.3. The van der Waals surface area contributed by atoms with Gasteiger partial charge in [-0.1, -0.05) is 62.7 Å². The monoisotopic (exact) mass is 467 g/mol.